The minimum absolute atomic E-state index is 0.0972. The van der Waals surface area contributed by atoms with Gasteiger partial charge in [0.1, 0.15) is 22.8 Å². The SMILES string of the molecule is Cc1ccc2sc(S(=O)(=O)N[C@H]3CCN(CN=C(N)c4ccccc4)C3=O)cc2c1.O=C(O)C(F)(F)F. The molecule has 0 saturated carbocycles. The van der Waals surface area contributed by atoms with Crippen LogP contribution in [0.3, 0.4) is 0 Å². The first-order valence-corrected chi connectivity index (χ1v) is 13.0. The lowest BCUT2D eigenvalue weighted by molar-refractivity contribution is -0.192. The van der Waals surface area contributed by atoms with E-state index < -0.39 is 28.2 Å². The molecule has 37 heavy (non-hydrogen) atoms. The van der Waals surface area contributed by atoms with Gasteiger partial charge in [0, 0.05) is 16.8 Å². The lowest BCUT2D eigenvalue weighted by atomic mass is 10.2. The van der Waals surface area contributed by atoms with Gasteiger partial charge in [0.15, 0.2) is 0 Å². The summed E-state index contributed by atoms with van der Waals surface area (Å²) in [4.78, 5) is 27.4. The van der Waals surface area contributed by atoms with E-state index in [4.69, 9.17) is 15.6 Å². The van der Waals surface area contributed by atoms with Crippen LogP contribution in [-0.4, -0.2) is 61.6 Å². The van der Waals surface area contributed by atoms with Crippen molar-refractivity contribution in [3.05, 3.63) is 65.7 Å². The summed E-state index contributed by atoms with van der Waals surface area (Å²) in [6.07, 6.45) is -4.69. The Morgan fingerprint density at radius 2 is 1.86 bits per heavy atom. The van der Waals surface area contributed by atoms with Gasteiger partial charge < -0.3 is 15.7 Å². The molecule has 1 aliphatic heterocycles. The lowest BCUT2D eigenvalue weighted by Gasteiger charge is -2.15. The molecule has 198 valence electrons. The second-order valence-corrected chi connectivity index (χ2v) is 11.0. The molecule has 1 fully saturated rings. The van der Waals surface area contributed by atoms with Gasteiger partial charge in [0.25, 0.3) is 10.0 Å². The number of fused-ring (bicyclic) bond motifs is 1. The summed E-state index contributed by atoms with van der Waals surface area (Å²) in [5.41, 5.74) is 7.82. The number of halogens is 3. The number of hydrogen-bond donors (Lipinski definition) is 3. The van der Waals surface area contributed by atoms with Gasteiger partial charge in [-0.05, 0) is 30.9 Å². The average molecular weight is 557 g/mol. The largest absolute Gasteiger partial charge is 0.490 e. The molecule has 0 bridgehead atoms. The Morgan fingerprint density at radius 3 is 2.49 bits per heavy atom. The third-order valence-corrected chi connectivity index (χ3v) is 8.29. The van der Waals surface area contributed by atoms with Gasteiger partial charge in [-0.2, -0.15) is 17.9 Å². The van der Waals surface area contributed by atoms with E-state index in [1.807, 2.05) is 55.5 Å². The van der Waals surface area contributed by atoms with E-state index in [2.05, 4.69) is 9.71 Å². The molecular weight excluding hydrogens is 533 g/mol. The Kier molecular flexibility index (Phi) is 8.56. The molecule has 1 amide bonds. The standard InChI is InChI=1S/C21H22N4O3S2.C2HF3O2/c1-14-7-8-18-16(11-14)12-19(29-18)30(27,28)24-17-9-10-25(21(17)26)13-23-20(22)15-5-3-2-4-6-15;3-2(4,5)1(6)7/h2-8,11-12,17,24H,9-10,13H2,1H3,(H2,22,23);(H,6,7)/t17-;/m0./s1. The second-order valence-electron chi connectivity index (χ2n) is 8.02. The van der Waals surface area contributed by atoms with Crippen LogP contribution < -0.4 is 10.5 Å². The molecule has 1 atom stereocenters. The fourth-order valence-corrected chi connectivity index (χ4v) is 5.99. The van der Waals surface area contributed by atoms with E-state index in [0.29, 0.717) is 18.8 Å². The Bertz CT molecular complexity index is 1420. The fourth-order valence-electron chi connectivity index (χ4n) is 3.37. The lowest BCUT2D eigenvalue weighted by Crippen LogP contribution is -2.41. The number of carboxylic acids is 1. The number of carbonyl (C=O) groups is 2. The number of rotatable bonds is 6. The van der Waals surface area contributed by atoms with Crippen LogP contribution in [-0.2, 0) is 19.6 Å². The Morgan fingerprint density at radius 1 is 1.22 bits per heavy atom. The zero-order chi connectivity index (χ0) is 27.4. The summed E-state index contributed by atoms with van der Waals surface area (Å²) >= 11 is 1.20. The van der Waals surface area contributed by atoms with E-state index >= 15 is 0 Å². The first kappa shape index (κ1) is 28.1. The summed E-state index contributed by atoms with van der Waals surface area (Å²) in [5, 5.41) is 8.01. The molecule has 14 heteroatoms. The summed E-state index contributed by atoms with van der Waals surface area (Å²) in [7, 11) is -3.79. The third-order valence-electron chi connectivity index (χ3n) is 5.23. The average Bonchev–Trinajstić information content (AvgIpc) is 3.41. The molecule has 1 aliphatic rings. The number of thiophene rings is 1. The number of aliphatic carboxylic acids is 1. The number of carbonyl (C=O) groups excluding carboxylic acids is 1. The number of likely N-dealkylation sites (tertiary alicyclic amines) is 1. The molecule has 2 aromatic carbocycles. The van der Waals surface area contributed by atoms with Crippen molar-refractivity contribution < 1.29 is 36.3 Å². The maximum Gasteiger partial charge on any atom is 0.490 e. The molecule has 2 heterocycles. The first-order valence-electron chi connectivity index (χ1n) is 10.7. The van der Waals surface area contributed by atoms with E-state index in [1.165, 1.54) is 16.2 Å². The molecule has 1 aromatic heterocycles. The molecule has 0 spiro atoms. The van der Waals surface area contributed by atoms with Crippen LogP contribution in [0.5, 0.6) is 0 Å². The van der Waals surface area contributed by atoms with Gasteiger partial charge in [-0.25, -0.2) is 18.2 Å². The highest BCUT2D eigenvalue weighted by Crippen LogP contribution is 2.30. The van der Waals surface area contributed by atoms with E-state index in [0.717, 1.165) is 21.2 Å². The minimum atomic E-state index is -5.08. The summed E-state index contributed by atoms with van der Waals surface area (Å²) in [6.45, 7) is 2.48. The maximum absolute atomic E-state index is 12.8. The molecule has 1 saturated heterocycles. The number of aryl methyl sites for hydroxylation is 1. The number of nitrogens with two attached hydrogens (primary N) is 1. The quantitative estimate of drug-likeness (QED) is 0.315. The predicted octanol–water partition coefficient (Wildman–Crippen LogP) is 3.09. The number of hydrogen-bond acceptors (Lipinski definition) is 6. The van der Waals surface area contributed by atoms with Gasteiger partial charge in [-0.15, -0.1) is 11.3 Å². The first-order chi connectivity index (χ1) is 17.3. The molecule has 9 nitrogen and oxygen atoms in total. The van der Waals surface area contributed by atoms with Gasteiger partial charge in [-0.1, -0.05) is 48.0 Å². The summed E-state index contributed by atoms with van der Waals surface area (Å²) < 4.78 is 61.1. The molecular formula is C23H23F3N4O5S2. The van der Waals surface area contributed by atoms with Crippen molar-refractivity contribution in [2.45, 2.75) is 29.8 Å². The molecule has 0 unspecified atom stereocenters. The van der Waals surface area contributed by atoms with Gasteiger partial charge in [0.2, 0.25) is 5.91 Å². The Labute approximate surface area is 214 Å². The van der Waals surface area contributed by atoms with Crippen molar-refractivity contribution in [1.82, 2.24) is 9.62 Å². The normalized spacial score (nSPS) is 16.5. The maximum atomic E-state index is 12.8. The monoisotopic (exact) mass is 556 g/mol. The van der Waals surface area contributed by atoms with E-state index in [-0.39, 0.29) is 16.8 Å². The second kappa shape index (κ2) is 11.3. The summed E-state index contributed by atoms with van der Waals surface area (Å²) in [5.74, 6) is -2.71. The Hall–Kier alpha value is -3.49. The number of nitrogens with zero attached hydrogens (tertiary/aromatic N) is 2. The minimum Gasteiger partial charge on any atom is -0.475 e. The van der Waals surface area contributed by atoms with Crippen LogP contribution in [0, 0.1) is 6.92 Å². The number of nitrogens with one attached hydrogen (secondary N) is 1. The highest BCUT2D eigenvalue weighted by Gasteiger charge is 2.38. The molecule has 4 rings (SSSR count). The van der Waals surface area contributed by atoms with Gasteiger partial charge in [-0.3, -0.25) is 4.79 Å². The van der Waals surface area contributed by atoms with Gasteiger partial charge in [0.05, 0.1) is 0 Å². The van der Waals surface area contributed by atoms with Crippen molar-refractivity contribution >= 4 is 49.2 Å². The smallest absolute Gasteiger partial charge is 0.475 e. The topological polar surface area (TPSA) is 142 Å². The number of alkyl halides is 3. The molecule has 4 N–H and O–H groups in total. The van der Waals surface area contributed by atoms with Crippen molar-refractivity contribution in [3.63, 3.8) is 0 Å². The number of carboxylic acid groups (broad SMARTS) is 1. The molecule has 0 aliphatic carbocycles. The van der Waals surface area contributed by atoms with Crippen molar-refractivity contribution in [2.75, 3.05) is 13.2 Å². The fraction of sp³-hybridized carbons (Fsp3) is 0.261. The zero-order valence-electron chi connectivity index (χ0n) is 19.4. The highest BCUT2D eigenvalue weighted by molar-refractivity contribution is 7.91. The van der Waals surface area contributed by atoms with E-state index in [9.17, 15) is 26.4 Å². The van der Waals surface area contributed by atoms with Crippen LogP contribution in [0.25, 0.3) is 10.1 Å². The number of aliphatic imine (C=N–C) groups is 1. The number of benzene rings is 2. The Balaban J connectivity index is 0.000000479. The van der Waals surface area contributed by atoms with Crippen LogP contribution in [0.1, 0.15) is 17.5 Å². The summed E-state index contributed by atoms with van der Waals surface area (Å²) in [6, 6.07) is 15.9. The third kappa shape index (κ3) is 7.27. The molecule has 3 aromatic rings. The van der Waals surface area contributed by atoms with Crippen LogP contribution in [0.4, 0.5) is 13.2 Å². The van der Waals surface area contributed by atoms with E-state index in [1.54, 1.807) is 6.07 Å². The predicted molar refractivity (Wildman–Crippen MR) is 133 cm³/mol. The zero-order valence-corrected chi connectivity index (χ0v) is 21.0. The van der Waals surface area contributed by atoms with Crippen molar-refractivity contribution in [3.8, 4) is 0 Å². The van der Waals surface area contributed by atoms with Crippen molar-refractivity contribution in [1.29, 1.82) is 0 Å². The highest BCUT2D eigenvalue weighted by atomic mass is 32.2. The van der Waals surface area contributed by atoms with Gasteiger partial charge >= 0.3 is 12.1 Å². The van der Waals surface area contributed by atoms with Crippen LogP contribution >= 0.6 is 11.3 Å². The number of amidine groups is 1. The number of sulfonamides is 1. The number of amides is 1. The van der Waals surface area contributed by atoms with Crippen molar-refractivity contribution in [2.24, 2.45) is 10.7 Å². The molecule has 0 radical (unpaired) electrons. The van der Waals surface area contributed by atoms with Crippen LogP contribution in [0.15, 0.2) is 63.8 Å². The van der Waals surface area contributed by atoms with Crippen LogP contribution in [0.2, 0.25) is 0 Å².